The zero-order chi connectivity index (χ0) is 8.97. The van der Waals surface area contributed by atoms with E-state index < -0.39 is 0 Å². The van der Waals surface area contributed by atoms with Gasteiger partial charge in [-0.1, -0.05) is 0 Å². The second-order valence-electron chi connectivity index (χ2n) is 2.97. The molecule has 0 fully saturated rings. The van der Waals surface area contributed by atoms with E-state index in [2.05, 4.69) is 0 Å². The van der Waals surface area contributed by atoms with Crippen LogP contribution in [0.5, 0.6) is 0 Å². The number of carbonyl (C=O) groups is 1. The second-order valence-corrected chi connectivity index (χ2v) is 2.97. The monoisotopic (exact) mass is 170 g/mol. The molecular weight excluding hydrogens is 156 g/mol. The molecule has 68 valence electrons. The fourth-order valence-electron chi connectivity index (χ4n) is 1.35. The van der Waals surface area contributed by atoms with Crippen LogP contribution in [0.3, 0.4) is 0 Å². The molecule has 0 aromatic rings. The molecule has 0 bridgehead atoms. The topological polar surface area (TPSA) is 46.5 Å². The van der Waals surface area contributed by atoms with Crippen LogP contribution in [-0.2, 0) is 9.53 Å². The Labute approximate surface area is 72.0 Å². The summed E-state index contributed by atoms with van der Waals surface area (Å²) in [6.07, 6.45) is 2.68. The second kappa shape index (κ2) is 4.26. The van der Waals surface area contributed by atoms with Crippen molar-refractivity contribution in [2.75, 3.05) is 13.2 Å². The van der Waals surface area contributed by atoms with Crippen LogP contribution in [0.25, 0.3) is 0 Å². The van der Waals surface area contributed by atoms with Gasteiger partial charge in [0.15, 0.2) is 5.78 Å². The lowest BCUT2D eigenvalue weighted by Gasteiger charge is -2.19. The Morgan fingerprint density at radius 1 is 1.67 bits per heavy atom. The van der Waals surface area contributed by atoms with Gasteiger partial charge in [0.2, 0.25) is 0 Å². The van der Waals surface area contributed by atoms with Gasteiger partial charge < -0.3 is 9.84 Å². The van der Waals surface area contributed by atoms with E-state index in [9.17, 15) is 4.79 Å². The fraction of sp³-hybridized carbons (Fsp3) is 0.667. The summed E-state index contributed by atoms with van der Waals surface area (Å²) in [6, 6.07) is 0. The molecule has 0 saturated heterocycles. The molecule has 1 aliphatic carbocycles. The Kier molecular flexibility index (Phi) is 3.29. The first-order chi connectivity index (χ1) is 5.76. The Morgan fingerprint density at radius 2 is 2.42 bits per heavy atom. The van der Waals surface area contributed by atoms with E-state index in [1.54, 1.807) is 0 Å². The van der Waals surface area contributed by atoms with Crippen molar-refractivity contribution < 1.29 is 14.6 Å². The molecule has 1 N–H and O–H groups in total. The average molecular weight is 170 g/mol. The van der Waals surface area contributed by atoms with Crippen molar-refractivity contribution in [1.29, 1.82) is 0 Å². The third kappa shape index (κ3) is 2.34. The van der Waals surface area contributed by atoms with E-state index >= 15 is 0 Å². The predicted octanol–water partition coefficient (Wildman–Crippen LogP) is 0.878. The van der Waals surface area contributed by atoms with Gasteiger partial charge in [0.1, 0.15) is 0 Å². The lowest BCUT2D eigenvalue weighted by Crippen LogP contribution is -2.18. The van der Waals surface area contributed by atoms with Gasteiger partial charge in [-0.3, -0.25) is 4.79 Å². The molecule has 0 radical (unpaired) electrons. The number of aliphatic hydroxyl groups excluding tert-OH is 1. The maximum absolute atomic E-state index is 11.1. The van der Waals surface area contributed by atoms with Crippen LogP contribution in [0.2, 0.25) is 0 Å². The third-order valence-corrected chi connectivity index (χ3v) is 1.89. The van der Waals surface area contributed by atoms with Gasteiger partial charge in [-0.05, 0) is 12.8 Å². The molecule has 0 saturated carbocycles. The van der Waals surface area contributed by atoms with Gasteiger partial charge in [-0.2, -0.15) is 0 Å². The SMILES string of the molecule is CCOC1=CC(=O)CC(CO)C1. The lowest BCUT2D eigenvalue weighted by atomic mass is 9.93. The van der Waals surface area contributed by atoms with E-state index in [-0.39, 0.29) is 18.3 Å². The molecule has 0 amide bonds. The first-order valence-electron chi connectivity index (χ1n) is 4.23. The summed E-state index contributed by atoms with van der Waals surface area (Å²) in [6.45, 7) is 2.53. The molecule has 1 rings (SSSR count). The van der Waals surface area contributed by atoms with Gasteiger partial charge in [-0.25, -0.2) is 0 Å². The van der Waals surface area contributed by atoms with Crippen LogP contribution >= 0.6 is 0 Å². The molecule has 0 spiro atoms. The van der Waals surface area contributed by atoms with Crippen molar-refractivity contribution >= 4 is 5.78 Å². The van der Waals surface area contributed by atoms with Gasteiger partial charge in [0.05, 0.1) is 12.4 Å². The van der Waals surface area contributed by atoms with E-state index in [1.165, 1.54) is 6.08 Å². The Bertz CT molecular complexity index is 196. The van der Waals surface area contributed by atoms with Crippen molar-refractivity contribution in [1.82, 2.24) is 0 Å². The number of allylic oxidation sites excluding steroid dienone is 2. The molecule has 3 nitrogen and oxygen atoms in total. The van der Waals surface area contributed by atoms with Gasteiger partial charge >= 0.3 is 0 Å². The summed E-state index contributed by atoms with van der Waals surface area (Å²) in [5.41, 5.74) is 0. The predicted molar refractivity (Wildman–Crippen MR) is 44.5 cm³/mol. The first-order valence-corrected chi connectivity index (χ1v) is 4.23. The number of hydrogen-bond donors (Lipinski definition) is 1. The highest BCUT2D eigenvalue weighted by Gasteiger charge is 2.20. The summed E-state index contributed by atoms with van der Waals surface area (Å²) >= 11 is 0. The minimum atomic E-state index is 0.0590. The Balaban J connectivity index is 2.56. The van der Waals surface area contributed by atoms with Crippen LogP contribution in [0.1, 0.15) is 19.8 Å². The summed E-state index contributed by atoms with van der Waals surface area (Å²) in [4.78, 5) is 11.1. The van der Waals surface area contributed by atoms with E-state index in [1.807, 2.05) is 6.92 Å². The molecule has 0 heterocycles. The normalized spacial score (nSPS) is 23.7. The number of aliphatic hydroxyl groups is 1. The summed E-state index contributed by atoms with van der Waals surface area (Å²) in [5.74, 6) is 0.834. The number of ether oxygens (including phenoxy) is 1. The van der Waals surface area contributed by atoms with Gasteiger partial charge in [-0.15, -0.1) is 0 Å². The summed E-state index contributed by atoms with van der Waals surface area (Å²) in [5, 5.41) is 8.86. The first kappa shape index (κ1) is 9.26. The van der Waals surface area contributed by atoms with Crippen molar-refractivity contribution in [3.05, 3.63) is 11.8 Å². The highest BCUT2D eigenvalue weighted by molar-refractivity contribution is 5.91. The minimum absolute atomic E-state index is 0.0590. The van der Waals surface area contributed by atoms with Crippen molar-refractivity contribution in [2.24, 2.45) is 5.92 Å². The van der Waals surface area contributed by atoms with E-state index in [0.717, 1.165) is 0 Å². The van der Waals surface area contributed by atoms with E-state index in [0.29, 0.717) is 25.2 Å². The van der Waals surface area contributed by atoms with Gasteiger partial charge in [0, 0.05) is 25.5 Å². The molecular formula is C9H14O3. The quantitative estimate of drug-likeness (QED) is 0.683. The van der Waals surface area contributed by atoms with Gasteiger partial charge in [0.25, 0.3) is 0 Å². The largest absolute Gasteiger partial charge is 0.498 e. The van der Waals surface area contributed by atoms with Crippen LogP contribution in [0.15, 0.2) is 11.8 Å². The number of rotatable bonds is 3. The van der Waals surface area contributed by atoms with Crippen LogP contribution in [0, 0.1) is 5.92 Å². The Hall–Kier alpha value is -0.830. The highest BCUT2D eigenvalue weighted by Crippen LogP contribution is 2.21. The molecule has 3 heteroatoms. The third-order valence-electron chi connectivity index (χ3n) is 1.89. The standard InChI is InChI=1S/C9H14O3/c1-2-12-9-4-7(6-10)3-8(11)5-9/h5,7,10H,2-4,6H2,1H3. The smallest absolute Gasteiger partial charge is 0.159 e. The molecule has 0 aromatic carbocycles. The number of carbonyl (C=O) groups excluding carboxylic acids is 1. The van der Waals surface area contributed by atoms with Crippen LogP contribution in [-0.4, -0.2) is 24.1 Å². The van der Waals surface area contributed by atoms with E-state index in [4.69, 9.17) is 9.84 Å². The molecule has 12 heavy (non-hydrogen) atoms. The summed E-state index contributed by atoms with van der Waals surface area (Å²) < 4.78 is 5.21. The molecule has 0 aliphatic heterocycles. The van der Waals surface area contributed by atoms with Crippen LogP contribution < -0.4 is 0 Å². The zero-order valence-corrected chi connectivity index (χ0v) is 7.25. The molecule has 1 unspecified atom stereocenters. The van der Waals surface area contributed by atoms with Crippen molar-refractivity contribution in [3.8, 4) is 0 Å². The highest BCUT2D eigenvalue weighted by atomic mass is 16.5. The van der Waals surface area contributed by atoms with Crippen molar-refractivity contribution in [3.63, 3.8) is 0 Å². The number of ketones is 1. The molecule has 1 atom stereocenters. The Morgan fingerprint density at radius 3 is 3.00 bits per heavy atom. The zero-order valence-electron chi connectivity index (χ0n) is 7.25. The fourth-order valence-corrected chi connectivity index (χ4v) is 1.35. The maximum atomic E-state index is 11.1. The van der Waals surface area contributed by atoms with Crippen molar-refractivity contribution in [2.45, 2.75) is 19.8 Å². The summed E-state index contributed by atoms with van der Waals surface area (Å²) in [7, 11) is 0. The lowest BCUT2D eigenvalue weighted by molar-refractivity contribution is -0.116. The van der Waals surface area contributed by atoms with Crippen LogP contribution in [0.4, 0.5) is 0 Å². The average Bonchev–Trinajstić information content (AvgIpc) is 2.04. The minimum Gasteiger partial charge on any atom is -0.498 e. The molecule has 1 aliphatic rings. The number of hydrogen-bond acceptors (Lipinski definition) is 3. The molecule has 0 aromatic heterocycles. The maximum Gasteiger partial charge on any atom is 0.159 e.